The lowest BCUT2D eigenvalue weighted by atomic mass is 10.1. The van der Waals surface area contributed by atoms with Gasteiger partial charge < -0.3 is 0 Å². The molecule has 2 aromatic heterocycles. The van der Waals surface area contributed by atoms with E-state index in [1.807, 2.05) is 37.3 Å². The second-order valence-corrected chi connectivity index (χ2v) is 4.40. The third-order valence-corrected chi connectivity index (χ3v) is 2.95. The van der Waals surface area contributed by atoms with Gasteiger partial charge in [-0.3, -0.25) is 0 Å². The Bertz CT molecular complexity index is 821. The second kappa shape index (κ2) is 4.94. The first-order chi connectivity index (χ1) is 9.78. The van der Waals surface area contributed by atoms with Crippen molar-refractivity contribution < 1.29 is 0 Å². The van der Waals surface area contributed by atoms with Crippen molar-refractivity contribution in [1.29, 1.82) is 5.26 Å². The van der Waals surface area contributed by atoms with E-state index >= 15 is 0 Å². The average Bonchev–Trinajstić information content (AvgIpc) is 2.91. The lowest BCUT2D eigenvalue weighted by Gasteiger charge is -2.00. The summed E-state index contributed by atoms with van der Waals surface area (Å²) in [5.41, 5.74) is 3.77. The molecule has 0 radical (unpaired) electrons. The molecule has 20 heavy (non-hydrogen) atoms. The second-order valence-electron chi connectivity index (χ2n) is 4.40. The highest BCUT2D eigenvalue weighted by atomic mass is 15.4. The molecule has 96 valence electrons. The van der Waals surface area contributed by atoms with Crippen LogP contribution in [0.3, 0.4) is 0 Å². The molecule has 0 amide bonds. The van der Waals surface area contributed by atoms with Crippen LogP contribution in [-0.4, -0.2) is 20.0 Å². The Morgan fingerprint density at radius 1 is 1.25 bits per heavy atom. The minimum Gasteiger partial charge on any atom is -0.234 e. The fourth-order valence-electron chi connectivity index (χ4n) is 1.91. The van der Waals surface area contributed by atoms with E-state index in [2.05, 4.69) is 21.4 Å². The Balaban J connectivity index is 2.10. The monoisotopic (exact) mass is 261 g/mol. The van der Waals surface area contributed by atoms with E-state index in [-0.39, 0.29) is 0 Å². The fraction of sp³-hybridized carbons (Fsp3) is 0.0667. The van der Waals surface area contributed by atoms with Crippen molar-refractivity contribution in [2.45, 2.75) is 6.92 Å². The summed E-state index contributed by atoms with van der Waals surface area (Å²) in [6.45, 7) is 2.02. The quantitative estimate of drug-likeness (QED) is 0.665. The molecule has 0 aliphatic carbocycles. The van der Waals surface area contributed by atoms with Crippen LogP contribution in [0.15, 0.2) is 42.6 Å². The van der Waals surface area contributed by atoms with Gasteiger partial charge in [0.25, 0.3) is 0 Å². The van der Waals surface area contributed by atoms with Crippen LogP contribution in [-0.2, 0) is 0 Å². The predicted octanol–water partition coefficient (Wildman–Crippen LogP) is 2.66. The summed E-state index contributed by atoms with van der Waals surface area (Å²) >= 11 is 0. The standard InChI is InChI=1S/C15H11N5/c1-11-4-6-12(7-5-11)9-13(10-16)20-14-3-2-8-17-15(14)18-19-20/h2-9H,1H3/b13-9-. The van der Waals surface area contributed by atoms with Gasteiger partial charge in [0.15, 0.2) is 0 Å². The van der Waals surface area contributed by atoms with Crippen molar-refractivity contribution >= 4 is 22.9 Å². The molecule has 0 atom stereocenters. The SMILES string of the molecule is Cc1ccc(/C=C(/C#N)n2nnc3ncccc32)cc1. The van der Waals surface area contributed by atoms with Gasteiger partial charge in [0.05, 0.1) is 0 Å². The molecule has 1 aromatic carbocycles. The molecule has 5 nitrogen and oxygen atoms in total. The zero-order valence-electron chi connectivity index (χ0n) is 10.9. The van der Waals surface area contributed by atoms with Gasteiger partial charge in [-0.25, -0.2) is 9.67 Å². The first-order valence-corrected chi connectivity index (χ1v) is 6.13. The molecule has 0 aliphatic rings. The fourth-order valence-corrected chi connectivity index (χ4v) is 1.91. The third kappa shape index (κ3) is 2.15. The molecule has 0 saturated heterocycles. The van der Waals surface area contributed by atoms with Crippen LogP contribution in [0.5, 0.6) is 0 Å². The Labute approximate surface area is 115 Å². The van der Waals surface area contributed by atoms with Gasteiger partial charge in [0.2, 0.25) is 5.65 Å². The van der Waals surface area contributed by atoms with Gasteiger partial charge in [-0.05, 0) is 30.7 Å². The van der Waals surface area contributed by atoms with Crippen molar-refractivity contribution in [3.63, 3.8) is 0 Å². The Morgan fingerprint density at radius 3 is 2.80 bits per heavy atom. The number of allylic oxidation sites excluding steroid dienone is 1. The summed E-state index contributed by atoms with van der Waals surface area (Å²) in [7, 11) is 0. The average molecular weight is 261 g/mol. The molecule has 0 aliphatic heterocycles. The maximum absolute atomic E-state index is 9.35. The predicted molar refractivity (Wildman–Crippen MR) is 76.3 cm³/mol. The van der Waals surface area contributed by atoms with Crippen molar-refractivity contribution in [2.24, 2.45) is 0 Å². The number of aromatic nitrogens is 4. The van der Waals surface area contributed by atoms with E-state index in [9.17, 15) is 5.26 Å². The molecule has 0 spiro atoms. The minimum absolute atomic E-state index is 0.407. The molecule has 2 heterocycles. The molecule has 0 saturated carbocycles. The molecule has 0 bridgehead atoms. The third-order valence-electron chi connectivity index (χ3n) is 2.95. The lowest BCUT2D eigenvalue weighted by molar-refractivity contribution is 0.847. The molecule has 0 N–H and O–H groups in total. The first-order valence-electron chi connectivity index (χ1n) is 6.13. The van der Waals surface area contributed by atoms with Crippen LogP contribution in [0.2, 0.25) is 0 Å². The Hall–Kier alpha value is -3.00. The van der Waals surface area contributed by atoms with Crippen LogP contribution < -0.4 is 0 Å². The molecule has 0 unspecified atom stereocenters. The van der Waals surface area contributed by atoms with Crippen LogP contribution in [0.4, 0.5) is 0 Å². The van der Waals surface area contributed by atoms with E-state index in [1.165, 1.54) is 10.2 Å². The highest BCUT2D eigenvalue weighted by Crippen LogP contribution is 2.16. The lowest BCUT2D eigenvalue weighted by Crippen LogP contribution is -1.97. The van der Waals surface area contributed by atoms with E-state index in [4.69, 9.17) is 0 Å². The molecule has 5 heteroatoms. The van der Waals surface area contributed by atoms with Gasteiger partial charge >= 0.3 is 0 Å². The zero-order chi connectivity index (χ0) is 13.9. The van der Waals surface area contributed by atoms with E-state index < -0.39 is 0 Å². The maximum atomic E-state index is 9.35. The number of pyridine rings is 1. The van der Waals surface area contributed by atoms with E-state index in [1.54, 1.807) is 18.3 Å². The number of rotatable bonds is 2. The Morgan fingerprint density at radius 2 is 2.05 bits per heavy atom. The summed E-state index contributed by atoms with van der Waals surface area (Å²) in [4.78, 5) is 4.11. The topological polar surface area (TPSA) is 67.4 Å². The Kier molecular flexibility index (Phi) is 2.98. The molecule has 3 rings (SSSR count). The zero-order valence-corrected chi connectivity index (χ0v) is 10.9. The van der Waals surface area contributed by atoms with Gasteiger partial charge in [0, 0.05) is 6.20 Å². The molecular formula is C15H11N5. The largest absolute Gasteiger partial charge is 0.234 e. The van der Waals surface area contributed by atoms with Crippen molar-refractivity contribution in [3.05, 3.63) is 53.7 Å². The minimum atomic E-state index is 0.407. The summed E-state index contributed by atoms with van der Waals surface area (Å²) in [6, 6.07) is 13.7. The molecule has 0 fully saturated rings. The van der Waals surface area contributed by atoms with Crippen LogP contribution in [0, 0.1) is 18.3 Å². The number of benzene rings is 1. The summed E-state index contributed by atoms with van der Waals surface area (Å²) in [5.74, 6) is 0. The first kappa shape index (κ1) is 12.1. The number of nitrogens with zero attached hydrogens (tertiary/aromatic N) is 5. The summed E-state index contributed by atoms with van der Waals surface area (Å²) < 4.78 is 1.50. The van der Waals surface area contributed by atoms with Gasteiger partial charge in [-0.1, -0.05) is 35.0 Å². The highest BCUT2D eigenvalue weighted by molar-refractivity contribution is 5.84. The van der Waals surface area contributed by atoms with Gasteiger partial charge in [-0.15, -0.1) is 5.10 Å². The summed E-state index contributed by atoms with van der Waals surface area (Å²) in [5, 5.41) is 17.3. The number of aryl methyl sites for hydroxylation is 1. The molecule has 3 aromatic rings. The normalized spacial score (nSPS) is 11.5. The molecular weight excluding hydrogens is 250 g/mol. The van der Waals surface area contributed by atoms with Gasteiger partial charge in [-0.2, -0.15) is 5.26 Å². The number of nitriles is 1. The van der Waals surface area contributed by atoms with E-state index in [0.29, 0.717) is 16.9 Å². The number of hydrogen-bond donors (Lipinski definition) is 0. The van der Waals surface area contributed by atoms with Crippen LogP contribution >= 0.6 is 0 Å². The smallest absolute Gasteiger partial charge is 0.202 e. The van der Waals surface area contributed by atoms with Crippen molar-refractivity contribution in [2.75, 3.05) is 0 Å². The van der Waals surface area contributed by atoms with Crippen molar-refractivity contribution in [3.8, 4) is 6.07 Å². The van der Waals surface area contributed by atoms with Crippen LogP contribution in [0.1, 0.15) is 11.1 Å². The van der Waals surface area contributed by atoms with Crippen molar-refractivity contribution in [1.82, 2.24) is 20.0 Å². The van der Waals surface area contributed by atoms with Gasteiger partial charge in [0.1, 0.15) is 17.3 Å². The van der Waals surface area contributed by atoms with Crippen LogP contribution in [0.25, 0.3) is 22.9 Å². The number of fused-ring (bicyclic) bond motifs is 1. The number of hydrogen-bond acceptors (Lipinski definition) is 4. The summed E-state index contributed by atoms with van der Waals surface area (Å²) in [6.07, 6.45) is 3.43. The highest BCUT2D eigenvalue weighted by Gasteiger charge is 2.08. The maximum Gasteiger partial charge on any atom is 0.202 e. The van der Waals surface area contributed by atoms with E-state index in [0.717, 1.165) is 5.56 Å².